The van der Waals surface area contributed by atoms with Gasteiger partial charge >= 0.3 is 0 Å². The number of hydrogen-bond donors (Lipinski definition) is 12. The monoisotopic (exact) mass is 1150 g/mol. The fourth-order valence-electron chi connectivity index (χ4n) is 10.3. The number of carbonyl (C=O) groups excluding carboxylic acids is 1. The van der Waals surface area contributed by atoms with Crippen LogP contribution in [-0.4, -0.2) is 79.0 Å². The Bertz CT molecular complexity index is 3110. The summed E-state index contributed by atoms with van der Waals surface area (Å²) in [5.41, 5.74) is 19.3. The first-order valence-electron chi connectivity index (χ1n) is 26.6. The number of phenols is 12. The maximum Gasteiger partial charge on any atom is 0.134 e. The van der Waals surface area contributed by atoms with Crippen molar-refractivity contribution in [2.45, 2.75) is 165 Å². The molecule has 0 atom stereocenters. The van der Waals surface area contributed by atoms with Crippen molar-refractivity contribution in [3.63, 3.8) is 0 Å². The first-order valence-corrected chi connectivity index (χ1v) is 26.6. The molecular formula is C67H86O16-2. The Morgan fingerprint density at radius 3 is 0.747 bits per heavy atom. The molecule has 0 radical (unpaired) electrons. The Morgan fingerprint density at radius 2 is 0.494 bits per heavy atom. The van der Waals surface area contributed by atoms with Gasteiger partial charge in [-0.2, -0.15) is 0 Å². The quantitative estimate of drug-likeness (QED) is 0.0729. The second-order valence-corrected chi connectivity index (χ2v) is 21.7. The third kappa shape index (κ3) is 12.8. The minimum absolute atomic E-state index is 0. The maximum atomic E-state index is 10.5. The summed E-state index contributed by atoms with van der Waals surface area (Å²) in [6, 6.07) is 1.57. The predicted octanol–water partition coefficient (Wildman–Crippen LogP) is 14.0. The lowest BCUT2D eigenvalue weighted by molar-refractivity contribution is -0.0980. The summed E-state index contributed by atoms with van der Waals surface area (Å²) in [4.78, 5) is 8.00. The molecule has 83 heavy (non-hydrogen) atoms. The van der Waals surface area contributed by atoms with Crippen LogP contribution in [0, 0.1) is 145 Å². The molecule has 16 nitrogen and oxygen atoms in total. The smallest absolute Gasteiger partial charge is 0.134 e. The van der Waals surface area contributed by atoms with Crippen molar-refractivity contribution < 1.29 is 81.8 Å². The molecule has 1 aliphatic heterocycles. The van der Waals surface area contributed by atoms with Crippen LogP contribution in [0.25, 0.3) is 0 Å². The second kappa shape index (κ2) is 27.1. The number of carbonyl (C=O) groups is 1. The highest BCUT2D eigenvalue weighted by Crippen LogP contribution is 2.50. The summed E-state index contributed by atoms with van der Waals surface area (Å²) in [6.45, 7) is 39.9. The number of fused-ring (bicyclic) bond motifs is 2. The summed E-state index contributed by atoms with van der Waals surface area (Å²) < 4.78 is 6.25. The highest BCUT2D eigenvalue weighted by Gasteiger charge is 2.30. The van der Waals surface area contributed by atoms with Crippen LogP contribution in [0.5, 0.6) is 80.5 Å². The van der Waals surface area contributed by atoms with Crippen LogP contribution < -0.4 is 4.74 Å². The Morgan fingerprint density at radius 1 is 0.289 bits per heavy atom. The summed E-state index contributed by atoms with van der Waals surface area (Å²) in [7, 11) is 0. The number of benzene rings is 7. The van der Waals surface area contributed by atoms with Crippen LogP contribution in [0.15, 0.2) is 6.07 Å². The van der Waals surface area contributed by atoms with E-state index in [-0.39, 0.29) is 81.3 Å². The molecule has 0 aliphatic carbocycles. The van der Waals surface area contributed by atoms with Crippen molar-refractivity contribution in [2.24, 2.45) is 0 Å². The van der Waals surface area contributed by atoms with Gasteiger partial charge in [-0.05, 0) is 268 Å². The van der Waals surface area contributed by atoms with Gasteiger partial charge in [-0.3, -0.25) is 0 Å². The molecule has 452 valence electrons. The number of ether oxygens (including phenoxy) is 1. The minimum Gasteiger partial charge on any atom is -0.870 e. The molecule has 1 heterocycles. The summed E-state index contributed by atoms with van der Waals surface area (Å²) >= 11 is 0. The van der Waals surface area contributed by atoms with Crippen LogP contribution in [0.3, 0.4) is 0 Å². The topological polar surface area (TPSA) is 329 Å². The summed E-state index contributed by atoms with van der Waals surface area (Å²) in [6.07, 6.45) is 1.14. The van der Waals surface area contributed by atoms with E-state index in [1.54, 1.807) is 110 Å². The molecule has 8 rings (SSSR count). The van der Waals surface area contributed by atoms with Crippen LogP contribution in [0.2, 0.25) is 0 Å². The van der Waals surface area contributed by atoms with Gasteiger partial charge in [-0.25, -0.2) is 0 Å². The first kappa shape index (κ1) is 70.6. The standard InChI is InChI=1S/2C19H24O4.C19H22O3.C9H12O2.CH2O.2H2O/c2*1-8-10(3)18(22)14(12(5)16(8)20)7-15-13(6)17(21)9(2)11(4)19(15)23;1-8-10(3)18-14(12(5)16(8)20)7-15-13(6)17(21)9(2)11(4)19(15)22-18;1-5-4-8(10)6(2)7(3)9(5)11;1-2;;/h2*20-23H,7H2,1-6H3;20-21H,7H2,1-6H3;4,10-11H,1-3H3;1H2;2*1H2/p-2. The van der Waals surface area contributed by atoms with Crippen LogP contribution in [0.4, 0.5) is 0 Å². The second-order valence-electron chi connectivity index (χ2n) is 21.7. The molecule has 0 fully saturated rings. The first-order chi connectivity index (χ1) is 37.5. The van der Waals surface area contributed by atoms with Crippen molar-refractivity contribution in [1.82, 2.24) is 0 Å². The average molecular weight is 1150 g/mol. The number of phenolic OH excluding ortho intramolecular Hbond substituents is 12. The Balaban J connectivity index is 0.000000380. The lowest BCUT2D eigenvalue weighted by Gasteiger charge is -2.29. The van der Waals surface area contributed by atoms with Gasteiger partial charge in [0.2, 0.25) is 0 Å². The molecule has 0 aromatic heterocycles. The van der Waals surface area contributed by atoms with Gasteiger partial charge in [0, 0.05) is 52.6 Å². The number of hydrogen-bond acceptors (Lipinski definition) is 16. The van der Waals surface area contributed by atoms with Gasteiger partial charge in [0.1, 0.15) is 87.3 Å². The summed E-state index contributed by atoms with van der Waals surface area (Å²) in [5.74, 6) is 4.01. The van der Waals surface area contributed by atoms with E-state index in [4.69, 9.17) is 9.53 Å². The molecule has 0 amide bonds. The molecule has 7 aromatic carbocycles. The molecule has 0 saturated heterocycles. The molecule has 0 spiro atoms. The lowest BCUT2D eigenvalue weighted by atomic mass is 9.87. The number of aromatic hydroxyl groups is 12. The Kier molecular flexibility index (Phi) is 23.0. The van der Waals surface area contributed by atoms with Crippen molar-refractivity contribution in [3.8, 4) is 80.5 Å². The van der Waals surface area contributed by atoms with Gasteiger partial charge in [0.05, 0.1) is 0 Å². The summed E-state index contributed by atoms with van der Waals surface area (Å²) in [5, 5.41) is 122. The minimum atomic E-state index is 0. The Hall–Kier alpha value is -8.47. The molecular weight excluding hydrogens is 1060 g/mol. The maximum absolute atomic E-state index is 10.5. The molecule has 0 bridgehead atoms. The van der Waals surface area contributed by atoms with E-state index in [0.29, 0.717) is 112 Å². The third-order valence-electron chi connectivity index (χ3n) is 17.4. The normalized spacial score (nSPS) is 10.9. The van der Waals surface area contributed by atoms with Gasteiger partial charge in [0.25, 0.3) is 0 Å². The van der Waals surface area contributed by atoms with Gasteiger partial charge in [-0.15, -0.1) is 0 Å². The molecule has 0 saturated carbocycles. The fraction of sp³-hybridized carbons (Fsp3) is 0.358. The Labute approximate surface area is 488 Å². The van der Waals surface area contributed by atoms with E-state index >= 15 is 0 Å². The lowest BCUT2D eigenvalue weighted by Crippen LogP contribution is -2.11. The molecule has 14 N–H and O–H groups in total. The van der Waals surface area contributed by atoms with E-state index in [1.165, 1.54) is 0 Å². The van der Waals surface area contributed by atoms with Gasteiger partial charge < -0.3 is 81.8 Å². The SMILES string of the molecule is C=O.Cc1c(C)c(O)c(Cc2c(C)c(O)c(C)c(C)c2O)c(C)c1O.Cc1c(C)c(O)c(Cc2c(C)c(O)c(C)c(C)c2O)c(C)c1O.Cc1c(C)c2c(c(C)c1O)Cc1c(C)c(O)c(C)c(C)c1O2.Cc1cc(O)c(C)c(C)c1O.[OH-].[OH-]. The highest BCUT2D eigenvalue weighted by molar-refractivity contribution is 5.68. The average Bonchev–Trinajstić information content (AvgIpc) is 3.47. The third-order valence-corrected chi connectivity index (χ3v) is 17.4. The number of rotatable bonds is 4. The van der Waals surface area contributed by atoms with Crippen LogP contribution >= 0.6 is 0 Å². The van der Waals surface area contributed by atoms with E-state index in [9.17, 15) is 61.3 Å². The zero-order valence-corrected chi connectivity index (χ0v) is 52.0. The van der Waals surface area contributed by atoms with E-state index < -0.39 is 0 Å². The zero-order valence-electron chi connectivity index (χ0n) is 52.0. The molecule has 1 aliphatic rings. The largest absolute Gasteiger partial charge is 0.870 e. The van der Waals surface area contributed by atoms with Crippen molar-refractivity contribution in [3.05, 3.63) is 156 Å². The molecule has 16 heteroatoms. The fourth-order valence-corrected chi connectivity index (χ4v) is 10.3. The van der Waals surface area contributed by atoms with Crippen LogP contribution in [-0.2, 0) is 24.1 Å². The van der Waals surface area contributed by atoms with E-state index in [2.05, 4.69) is 0 Å². The molecule has 0 unspecified atom stereocenters. The van der Waals surface area contributed by atoms with Crippen molar-refractivity contribution in [1.29, 1.82) is 0 Å². The van der Waals surface area contributed by atoms with E-state index in [0.717, 1.165) is 67.1 Å². The van der Waals surface area contributed by atoms with Crippen LogP contribution in [0.1, 0.15) is 150 Å². The van der Waals surface area contributed by atoms with Crippen molar-refractivity contribution in [2.75, 3.05) is 0 Å². The zero-order chi connectivity index (χ0) is 62.2. The number of aryl methyl sites for hydroxylation is 1. The van der Waals surface area contributed by atoms with Gasteiger partial charge in [0.15, 0.2) is 0 Å². The molecule has 7 aromatic rings. The highest BCUT2D eigenvalue weighted by atomic mass is 16.5. The van der Waals surface area contributed by atoms with Crippen molar-refractivity contribution >= 4 is 6.79 Å². The van der Waals surface area contributed by atoms with Gasteiger partial charge in [-0.1, -0.05) is 0 Å². The van der Waals surface area contributed by atoms with E-state index in [1.807, 2.05) is 48.3 Å². The predicted molar refractivity (Wildman–Crippen MR) is 324 cm³/mol.